The molecule has 3 rings (SSSR count). The summed E-state index contributed by atoms with van der Waals surface area (Å²) >= 11 is 6.02. The highest BCUT2D eigenvalue weighted by atomic mass is 35.5. The van der Waals surface area contributed by atoms with Crippen molar-refractivity contribution in [1.29, 1.82) is 0 Å². The van der Waals surface area contributed by atoms with Crippen LogP contribution in [0.15, 0.2) is 30.3 Å². The van der Waals surface area contributed by atoms with E-state index in [0.29, 0.717) is 16.5 Å². The molecule has 0 bridgehead atoms. The maximum atomic E-state index is 6.02. The fourth-order valence-corrected chi connectivity index (χ4v) is 3.31. The maximum absolute atomic E-state index is 6.02. The summed E-state index contributed by atoms with van der Waals surface area (Å²) in [6.07, 6.45) is 2.20. The number of aromatic amines is 1. The Balaban J connectivity index is 1.79. The molecular formula is C20H27ClN6. The van der Waals surface area contributed by atoms with Gasteiger partial charge in [0.15, 0.2) is 5.82 Å². The van der Waals surface area contributed by atoms with Crippen LogP contribution in [0.4, 0.5) is 5.82 Å². The van der Waals surface area contributed by atoms with Crippen LogP contribution in [0.5, 0.6) is 0 Å². The van der Waals surface area contributed by atoms with Crippen molar-refractivity contribution in [1.82, 2.24) is 25.1 Å². The molecule has 6 nitrogen and oxygen atoms in total. The largest absolute Gasteiger partial charge is 0.366 e. The summed E-state index contributed by atoms with van der Waals surface area (Å²) in [4.78, 5) is 12.0. The molecule has 3 aromatic rings. The smallest absolute Gasteiger partial charge is 0.155 e. The standard InChI is InChI=1S/C20H27ClN6/c1-4-27(5-2)12-8-9-14(3)22-20-19(17-13-18(21)26-25-17)23-15-10-6-7-11-16(15)24-20/h6-7,10-11,13-14H,4-5,8-9,12H2,1-3H3,(H,22,24)(H,25,26). The molecule has 0 aliphatic heterocycles. The molecule has 0 saturated heterocycles. The number of hydrogen-bond acceptors (Lipinski definition) is 5. The Morgan fingerprint density at radius 2 is 1.85 bits per heavy atom. The summed E-state index contributed by atoms with van der Waals surface area (Å²) < 4.78 is 0. The highest BCUT2D eigenvalue weighted by Crippen LogP contribution is 2.27. The number of anilines is 1. The molecule has 0 aliphatic rings. The third-order valence-electron chi connectivity index (χ3n) is 4.75. The molecule has 0 radical (unpaired) electrons. The SMILES string of the molecule is CCN(CC)CCCC(C)Nc1nc2ccccc2nc1-c1cc(Cl)[nH]n1. The lowest BCUT2D eigenvalue weighted by molar-refractivity contribution is 0.295. The van der Waals surface area contributed by atoms with Gasteiger partial charge in [-0.05, 0) is 51.5 Å². The molecule has 2 N–H and O–H groups in total. The van der Waals surface area contributed by atoms with E-state index in [1.165, 1.54) is 0 Å². The van der Waals surface area contributed by atoms with Gasteiger partial charge in [0.2, 0.25) is 0 Å². The first-order valence-corrected chi connectivity index (χ1v) is 9.95. The van der Waals surface area contributed by atoms with Crippen molar-refractivity contribution in [3.63, 3.8) is 0 Å². The number of hydrogen-bond donors (Lipinski definition) is 2. The highest BCUT2D eigenvalue weighted by Gasteiger charge is 2.16. The van der Waals surface area contributed by atoms with Gasteiger partial charge in [-0.3, -0.25) is 5.10 Å². The van der Waals surface area contributed by atoms with E-state index < -0.39 is 0 Å². The normalized spacial score (nSPS) is 12.6. The number of H-pyrrole nitrogens is 1. The fraction of sp³-hybridized carbons (Fsp3) is 0.450. The Kier molecular flexibility index (Phi) is 6.63. The second kappa shape index (κ2) is 9.15. The van der Waals surface area contributed by atoms with E-state index in [1.54, 1.807) is 6.07 Å². The predicted octanol–water partition coefficient (Wildman–Crippen LogP) is 4.60. The number of aromatic nitrogens is 4. The first kappa shape index (κ1) is 19.6. The molecule has 27 heavy (non-hydrogen) atoms. The van der Waals surface area contributed by atoms with Gasteiger partial charge < -0.3 is 10.2 Å². The van der Waals surface area contributed by atoms with Crippen LogP contribution in [0.25, 0.3) is 22.4 Å². The van der Waals surface area contributed by atoms with Crippen molar-refractivity contribution in [3.8, 4) is 11.4 Å². The topological polar surface area (TPSA) is 69.7 Å². The minimum Gasteiger partial charge on any atom is -0.366 e. The lowest BCUT2D eigenvalue weighted by Crippen LogP contribution is -2.26. The summed E-state index contributed by atoms with van der Waals surface area (Å²) in [5.41, 5.74) is 3.11. The van der Waals surface area contributed by atoms with Crippen molar-refractivity contribution >= 4 is 28.5 Å². The molecule has 1 aromatic carbocycles. The molecule has 1 atom stereocenters. The molecular weight excluding hydrogens is 360 g/mol. The summed E-state index contributed by atoms with van der Waals surface area (Å²) in [6, 6.07) is 9.92. The fourth-order valence-electron chi connectivity index (χ4n) is 3.17. The monoisotopic (exact) mass is 386 g/mol. The number of halogens is 1. The Morgan fingerprint density at radius 3 is 2.48 bits per heavy atom. The zero-order chi connectivity index (χ0) is 19.2. The number of nitrogens with zero attached hydrogens (tertiary/aromatic N) is 4. The lowest BCUT2D eigenvalue weighted by Gasteiger charge is -2.20. The second-order valence-electron chi connectivity index (χ2n) is 6.73. The third-order valence-corrected chi connectivity index (χ3v) is 4.94. The molecule has 0 aliphatic carbocycles. The average molecular weight is 387 g/mol. The van der Waals surface area contributed by atoms with Gasteiger partial charge in [-0.15, -0.1) is 0 Å². The molecule has 0 spiro atoms. The van der Waals surface area contributed by atoms with Crippen molar-refractivity contribution in [2.45, 2.75) is 39.7 Å². The summed E-state index contributed by atoms with van der Waals surface area (Å²) in [5.74, 6) is 0.743. The Bertz CT molecular complexity index is 874. The van der Waals surface area contributed by atoms with Crippen molar-refractivity contribution in [3.05, 3.63) is 35.5 Å². The van der Waals surface area contributed by atoms with Gasteiger partial charge in [0.25, 0.3) is 0 Å². The molecule has 0 saturated carbocycles. The van der Waals surface area contributed by atoms with Gasteiger partial charge in [-0.1, -0.05) is 37.6 Å². The zero-order valence-corrected chi connectivity index (χ0v) is 16.9. The number of nitrogens with one attached hydrogen (secondary N) is 2. The van der Waals surface area contributed by atoms with Crippen molar-refractivity contribution < 1.29 is 0 Å². The van der Waals surface area contributed by atoms with Crippen LogP contribution in [-0.2, 0) is 0 Å². The summed E-state index contributed by atoms with van der Waals surface area (Å²) in [6.45, 7) is 9.90. The molecule has 7 heteroatoms. The van der Waals surface area contributed by atoms with Crippen LogP contribution in [0.3, 0.4) is 0 Å². The van der Waals surface area contributed by atoms with Crippen LogP contribution < -0.4 is 5.32 Å². The Labute approximate surface area is 165 Å². The van der Waals surface area contributed by atoms with E-state index >= 15 is 0 Å². The van der Waals surface area contributed by atoms with Crippen molar-refractivity contribution in [2.75, 3.05) is 25.0 Å². The Morgan fingerprint density at radius 1 is 1.15 bits per heavy atom. The number of benzene rings is 1. The highest BCUT2D eigenvalue weighted by molar-refractivity contribution is 6.29. The van der Waals surface area contributed by atoms with Gasteiger partial charge in [-0.2, -0.15) is 5.10 Å². The van der Waals surface area contributed by atoms with E-state index in [1.807, 2.05) is 24.3 Å². The van der Waals surface area contributed by atoms with Crippen LogP contribution in [0, 0.1) is 0 Å². The molecule has 2 heterocycles. The van der Waals surface area contributed by atoms with Crippen LogP contribution in [0.1, 0.15) is 33.6 Å². The number of rotatable bonds is 9. The molecule has 0 amide bonds. The third kappa shape index (κ3) is 4.96. The predicted molar refractivity (Wildman–Crippen MR) is 112 cm³/mol. The van der Waals surface area contributed by atoms with Crippen LogP contribution in [-0.4, -0.2) is 50.7 Å². The molecule has 1 unspecified atom stereocenters. The minimum atomic E-state index is 0.282. The average Bonchev–Trinajstić information content (AvgIpc) is 3.11. The number of fused-ring (bicyclic) bond motifs is 1. The number of para-hydroxylation sites is 2. The molecule has 2 aromatic heterocycles. The van der Waals surface area contributed by atoms with Gasteiger partial charge in [0.05, 0.1) is 11.0 Å². The lowest BCUT2D eigenvalue weighted by atomic mass is 10.1. The van der Waals surface area contributed by atoms with Crippen LogP contribution >= 0.6 is 11.6 Å². The molecule has 144 valence electrons. The van der Waals surface area contributed by atoms with E-state index in [9.17, 15) is 0 Å². The minimum absolute atomic E-state index is 0.282. The van der Waals surface area contributed by atoms with E-state index in [4.69, 9.17) is 21.6 Å². The summed E-state index contributed by atoms with van der Waals surface area (Å²) in [7, 11) is 0. The van der Waals surface area contributed by atoms with Gasteiger partial charge >= 0.3 is 0 Å². The van der Waals surface area contributed by atoms with Crippen LogP contribution in [0.2, 0.25) is 5.15 Å². The Hall–Kier alpha value is -2.18. The quantitative estimate of drug-likeness (QED) is 0.562. The first-order valence-electron chi connectivity index (χ1n) is 9.57. The van der Waals surface area contributed by atoms with E-state index in [0.717, 1.165) is 49.3 Å². The summed E-state index contributed by atoms with van der Waals surface area (Å²) in [5, 5.41) is 11.0. The van der Waals surface area contributed by atoms with Crippen molar-refractivity contribution in [2.24, 2.45) is 0 Å². The van der Waals surface area contributed by atoms with E-state index in [-0.39, 0.29) is 6.04 Å². The maximum Gasteiger partial charge on any atom is 0.155 e. The first-order chi connectivity index (χ1) is 13.1. The van der Waals surface area contributed by atoms with Gasteiger partial charge in [-0.25, -0.2) is 9.97 Å². The van der Waals surface area contributed by atoms with Gasteiger partial charge in [0, 0.05) is 12.1 Å². The van der Waals surface area contributed by atoms with E-state index in [2.05, 4.69) is 41.2 Å². The second-order valence-corrected chi connectivity index (χ2v) is 7.13. The van der Waals surface area contributed by atoms with Gasteiger partial charge in [0.1, 0.15) is 16.5 Å². The zero-order valence-electron chi connectivity index (χ0n) is 16.2. The molecule has 0 fully saturated rings.